The molecule has 1 aliphatic carbocycles. The van der Waals surface area contributed by atoms with Crippen molar-refractivity contribution in [3.05, 3.63) is 24.0 Å². The van der Waals surface area contributed by atoms with Crippen LogP contribution < -0.4 is 5.73 Å². The summed E-state index contributed by atoms with van der Waals surface area (Å²) in [5, 5.41) is 9.56. The molecule has 1 heterocycles. The zero-order chi connectivity index (χ0) is 16.3. The van der Waals surface area contributed by atoms with E-state index in [2.05, 4.69) is 25.8 Å². The summed E-state index contributed by atoms with van der Waals surface area (Å²) in [6.07, 6.45) is 5.47. The van der Waals surface area contributed by atoms with Gasteiger partial charge in [-0.1, -0.05) is 20.8 Å². The molecule has 0 bridgehead atoms. The van der Waals surface area contributed by atoms with E-state index >= 15 is 0 Å². The van der Waals surface area contributed by atoms with Crippen LogP contribution in [0.4, 0.5) is 10.5 Å². The Morgan fingerprint density at radius 2 is 2.18 bits per heavy atom. The lowest BCUT2D eigenvalue weighted by Gasteiger charge is -2.40. The van der Waals surface area contributed by atoms with E-state index in [-0.39, 0.29) is 6.04 Å². The number of carboxylic acid groups (broad SMARTS) is 1. The van der Waals surface area contributed by atoms with E-state index in [4.69, 9.17) is 5.73 Å². The van der Waals surface area contributed by atoms with Crippen molar-refractivity contribution in [2.24, 2.45) is 11.8 Å². The van der Waals surface area contributed by atoms with Crippen LogP contribution in [-0.2, 0) is 0 Å². The molecule has 1 aromatic rings. The van der Waals surface area contributed by atoms with Crippen LogP contribution in [-0.4, -0.2) is 33.7 Å². The van der Waals surface area contributed by atoms with E-state index in [0.29, 0.717) is 30.0 Å². The minimum absolute atomic E-state index is 0.0706. The van der Waals surface area contributed by atoms with Crippen molar-refractivity contribution in [2.45, 2.75) is 52.0 Å². The largest absolute Gasteiger partial charge is 0.465 e. The van der Waals surface area contributed by atoms with Crippen molar-refractivity contribution < 1.29 is 9.90 Å². The van der Waals surface area contributed by atoms with Crippen LogP contribution in [0.1, 0.15) is 51.5 Å². The van der Waals surface area contributed by atoms with Gasteiger partial charge >= 0.3 is 6.09 Å². The highest BCUT2D eigenvalue weighted by atomic mass is 16.4. The smallest absolute Gasteiger partial charge is 0.407 e. The quantitative estimate of drug-likeness (QED) is 0.891. The molecule has 5 heteroatoms. The number of hydrogen-bond acceptors (Lipinski definition) is 3. The molecule has 5 nitrogen and oxygen atoms in total. The van der Waals surface area contributed by atoms with Gasteiger partial charge in [0.1, 0.15) is 0 Å². The van der Waals surface area contributed by atoms with Crippen molar-refractivity contribution in [3.63, 3.8) is 0 Å². The Hall–Kier alpha value is -1.78. The molecule has 2 rings (SSSR count). The Morgan fingerprint density at radius 1 is 1.45 bits per heavy atom. The van der Waals surface area contributed by atoms with Gasteiger partial charge in [-0.2, -0.15) is 0 Å². The van der Waals surface area contributed by atoms with Gasteiger partial charge in [0.05, 0.1) is 11.9 Å². The molecule has 1 amide bonds. The van der Waals surface area contributed by atoms with Crippen molar-refractivity contribution in [1.29, 1.82) is 0 Å². The maximum atomic E-state index is 11.6. The number of hydrogen-bond donors (Lipinski definition) is 2. The number of rotatable bonds is 4. The second-order valence-electron chi connectivity index (χ2n) is 7.00. The fourth-order valence-corrected chi connectivity index (χ4v) is 3.64. The van der Waals surface area contributed by atoms with E-state index in [9.17, 15) is 9.90 Å². The van der Waals surface area contributed by atoms with Gasteiger partial charge in [-0.05, 0) is 48.6 Å². The molecule has 3 atom stereocenters. The highest BCUT2D eigenvalue weighted by molar-refractivity contribution is 5.65. The van der Waals surface area contributed by atoms with Crippen LogP contribution in [0.5, 0.6) is 0 Å². The Kier molecular flexibility index (Phi) is 5.27. The van der Waals surface area contributed by atoms with Crippen LogP contribution in [0.15, 0.2) is 18.5 Å². The Balaban J connectivity index is 2.20. The number of pyridine rings is 1. The summed E-state index contributed by atoms with van der Waals surface area (Å²) in [7, 11) is 0. The molecule has 0 spiro atoms. The predicted octanol–water partition coefficient (Wildman–Crippen LogP) is 3.57. The Labute approximate surface area is 132 Å². The molecule has 0 aromatic carbocycles. The fraction of sp³-hybridized carbons (Fsp3) is 0.647. The van der Waals surface area contributed by atoms with E-state index in [0.717, 1.165) is 24.8 Å². The Morgan fingerprint density at radius 3 is 2.77 bits per heavy atom. The van der Waals surface area contributed by atoms with Gasteiger partial charge in [0.2, 0.25) is 0 Å². The minimum atomic E-state index is -0.811. The van der Waals surface area contributed by atoms with Gasteiger partial charge < -0.3 is 15.7 Å². The van der Waals surface area contributed by atoms with Crippen molar-refractivity contribution in [3.8, 4) is 0 Å². The van der Waals surface area contributed by atoms with Gasteiger partial charge in [-0.15, -0.1) is 0 Å². The second kappa shape index (κ2) is 6.99. The van der Waals surface area contributed by atoms with Crippen molar-refractivity contribution in [2.75, 3.05) is 12.3 Å². The SMILES string of the molecule is CC(C)CN(C(=O)O)[C@@H]1C[C@@H](C)C[C@@H](c2ccncc2N)C1. The number of nitrogens with two attached hydrogens (primary N) is 1. The molecule has 0 saturated heterocycles. The lowest BCUT2D eigenvalue weighted by Crippen LogP contribution is -2.45. The molecule has 0 radical (unpaired) electrons. The molecule has 1 aliphatic rings. The third-order valence-electron chi connectivity index (χ3n) is 4.49. The number of amides is 1. The topological polar surface area (TPSA) is 79.5 Å². The molecule has 0 aliphatic heterocycles. The fourth-order valence-electron chi connectivity index (χ4n) is 3.64. The normalized spacial score (nSPS) is 25.2. The maximum absolute atomic E-state index is 11.6. The third-order valence-corrected chi connectivity index (χ3v) is 4.49. The van der Waals surface area contributed by atoms with Crippen LogP contribution >= 0.6 is 0 Å². The Bertz CT molecular complexity index is 518. The summed E-state index contributed by atoms with van der Waals surface area (Å²) in [5.41, 5.74) is 7.89. The predicted molar refractivity (Wildman–Crippen MR) is 87.8 cm³/mol. The van der Waals surface area contributed by atoms with Crippen LogP contribution in [0, 0.1) is 11.8 Å². The summed E-state index contributed by atoms with van der Waals surface area (Å²) in [6, 6.07) is 2.05. The standard InChI is InChI=1S/C17H27N3O2/c1-11(2)10-20(17(21)22)14-7-12(3)6-13(8-14)15-4-5-19-9-16(15)18/h4-5,9,11-14H,6-8,10,18H2,1-3H3,(H,21,22)/t12-,13+,14+/m0/s1. The molecule has 1 aromatic heterocycles. The minimum Gasteiger partial charge on any atom is -0.465 e. The van der Waals surface area contributed by atoms with Crippen molar-refractivity contribution >= 4 is 11.8 Å². The number of aromatic nitrogens is 1. The zero-order valence-corrected chi connectivity index (χ0v) is 13.7. The number of carbonyl (C=O) groups is 1. The number of nitrogen functional groups attached to an aromatic ring is 1. The second-order valence-corrected chi connectivity index (χ2v) is 7.00. The van der Waals surface area contributed by atoms with Crippen LogP contribution in [0.3, 0.4) is 0 Å². The number of nitrogens with zero attached hydrogens (tertiary/aromatic N) is 2. The van der Waals surface area contributed by atoms with Crippen LogP contribution in [0.2, 0.25) is 0 Å². The molecule has 122 valence electrons. The molecule has 3 N–H and O–H groups in total. The molecular weight excluding hydrogens is 278 g/mol. The molecule has 22 heavy (non-hydrogen) atoms. The average Bonchev–Trinajstić information content (AvgIpc) is 2.44. The van der Waals surface area contributed by atoms with Gasteiger partial charge in [0, 0.05) is 18.8 Å². The van der Waals surface area contributed by atoms with E-state index in [1.54, 1.807) is 17.3 Å². The summed E-state index contributed by atoms with van der Waals surface area (Å²) < 4.78 is 0. The van der Waals surface area contributed by atoms with E-state index in [1.807, 2.05) is 6.07 Å². The first-order valence-corrected chi connectivity index (χ1v) is 8.07. The highest BCUT2D eigenvalue weighted by Gasteiger charge is 2.34. The lowest BCUT2D eigenvalue weighted by atomic mass is 9.75. The highest BCUT2D eigenvalue weighted by Crippen LogP contribution is 2.40. The first kappa shape index (κ1) is 16.6. The molecular formula is C17H27N3O2. The first-order chi connectivity index (χ1) is 10.4. The van der Waals surface area contributed by atoms with E-state index in [1.165, 1.54) is 0 Å². The van der Waals surface area contributed by atoms with E-state index < -0.39 is 6.09 Å². The average molecular weight is 305 g/mol. The summed E-state index contributed by atoms with van der Waals surface area (Å²) >= 11 is 0. The molecule has 1 saturated carbocycles. The summed E-state index contributed by atoms with van der Waals surface area (Å²) in [4.78, 5) is 17.3. The van der Waals surface area contributed by atoms with Gasteiger partial charge in [-0.3, -0.25) is 4.98 Å². The van der Waals surface area contributed by atoms with Crippen LogP contribution in [0.25, 0.3) is 0 Å². The van der Waals surface area contributed by atoms with Gasteiger partial charge in [0.25, 0.3) is 0 Å². The van der Waals surface area contributed by atoms with Gasteiger partial charge in [-0.25, -0.2) is 4.79 Å². The maximum Gasteiger partial charge on any atom is 0.407 e. The van der Waals surface area contributed by atoms with Crippen molar-refractivity contribution in [1.82, 2.24) is 9.88 Å². The summed E-state index contributed by atoms with van der Waals surface area (Å²) in [5.74, 6) is 1.13. The molecule has 0 unspecified atom stereocenters. The molecule has 1 fully saturated rings. The lowest BCUT2D eigenvalue weighted by molar-refractivity contribution is 0.0901. The monoisotopic (exact) mass is 305 g/mol. The van der Waals surface area contributed by atoms with Gasteiger partial charge in [0.15, 0.2) is 0 Å². The third kappa shape index (κ3) is 3.90. The number of anilines is 1. The first-order valence-electron chi connectivity index (χ1n) is 8.07. The zero-order valence-electron chi connectivity index (χ0n) is 13.7. The summed E-state index contributed by atoms with van der Waals surface area (Å²) in [6.45, 7) is 6.90.